The van der Waals surface area contributed by atoms with Crippen LogP contribution >= 0.6 is 0 Å². The fourth-order valence-corrected chi connectivity index (χ4v) is 4.27. The van der Waals surface area contributed by atoms with Gasteiger partial charge in [0.1, 0.15) is 0 Å². The van der Waals surface area contributed by atoms with Crippen molar-refractivity contribution in [1.29, 1.82) is 0 Å². The van der Waals surface area contributed by atoms with E-state index in [1.807, 2.05) is 6.07 Å². The number of carbonyl (C=O) groups excluding carboxylic acids is 2. The smallest absolute Gasteiger partial charge is 0.359 e. The van der Waals surface area contributed by atoms with Crippen molar-refractivity contribution in [1.82, 2.24) is 15.1 Å². The lowest BCUT2D eigenvalue weighted by Crippen LogP contribution is -2.51. The van der Waals surface area contributed by atoms with Gasteiger partial charge in [0.2, 0.25) is 0 Å². The first-order chi connectivity index (χ1) is 14.0. The van der Waals surface area contributed by atoms with E-state index in [1.54, 1.807) is 6.07 Å². The number of ether oxygens (including phenoxy) is 1. The van der Waals surface area contributed by atoms with Gasteiger partial charge < -0.3 is 15.4 Å². The zero-order valence-electron chi connectivity index (χ0n) is 16.1. The number of primary amides is 1. The Kier molecular flexibility index (Phi) is 4.24. The first-order valence-electron chi connectivity index (χ1n) is 9.97. The predicted molar refractivity (Wildman–Crippen MR) is 105 cm³/mol. The molecule has 2 aliphatic heterocycles. The molecule has 3 aliphatic rings. The van der Waals surface area contributed by atoms with E-state index in [1.165, 1.54) is 5.56 Å². The van der Waals surface area contributed by atoms with E-state index in [-0.39, 0.29) is 5.69 Å². The molecule has 0 spiro atoms. The molecular formula is C21H23N5O3. The minimum Gasteiger partial charge on any atom is -0.444 e. The lowest BCUT2D eigenvalue weighted by Gasteiger charge is -2.38. The Hall–Kier alpha value is -3.00. The van der Waals surface area contributed by atoms with Gasteiger partial charge >= 0.3 is 5.97 Å². The second-order valence-corrected chi connectivity index (χ2v) is 8.10. The molecule has 150 valence electrons. The number of esters is 1. The number of rotatable bonds is 5. The van der Waals surface area contributed by atoms with Gasteiger partial charge in [0.25, 0.3) is 5.91 Å². The lowest BCUT2D eigenvalue weighted by molar-refractivity contribution is -0.128. The molecule has 2 fully saturated rings. The first-order valence-corrected chi connectivity index (χ1v) is 9.97. The van der Waals surface area contributed by atoms with Crippen molar-refractivity contribution in [3.05, 3.63) is 53.2 Å². The monoisotopic (exact) mass is 393 g/mol. The van der Waals surface area contributed by atoms with Gasteiger partial charge in [-0.05, 0) is 18.1 Å². The van der Waals surface area contributed by atoms with Crippen LogP contribution in [0.4, 0.5) is 5.82 Å². The fourth-order valence-electron chi connectivity index (χ4n) is 4.27. The third-order valence-electron chi connectivity index (χ3n) is 6.04. The van der Waals surface area contributed by atoms with Gasteiger partial charge in [-0.3, -0.25) is 9.69 Å². The van der Waals surface area contributed by atoms with Crippen molar-refractivity contribution in [3.8, 4) is 0 Å². The van der Waals surface area contributed by atoms with Crippen molar-refractivity contribution >= 4 is 17.7 Å². The second kappa shape index (κ2) is 6.81. The number of nitrogens with zero attached hydrogens (tertiary/aromatic N) is 4. The molecule has 1 amide bonds. The molecule has 1 aromatic carbocycles. The maximum Gasteiger partial charge on any atom is 0.359 e. The van der Waals surface area contributed by atoms with E-state index in [0.717, 1.165) is 44.0 Å². The number of anilines is 1. The van der Waals surface area contributed by atoms with E-state index in [2.05, 4.69) is 44.3 Å². The molecule has 1 saturated heterocycles. The summed E-state index contributed by atoms with van der Waals surface area (Å²) in [6, 6.07) is 12.5. The van der Waals surface area contributed by atoms with Gasteiger partial charge in [0, 0.05) is 50.6 Å². The van der Waals surface area contributed by atoms with E-state index < -0.39 is 17.5 Å². The third-order valence-corrected chi connectivity index (χ3v) is 6.04. The maximum atomic E-state index is 12.4. The lowest BCUT2D eigenvalue weighted by atomic mass is 10.1. The Morgan fingerprint density at radius 2 is 1.97 bits per heavy atom. The number of hydrogen-bond donors (Lipinski definition) is 1. The highest BCUT2D eigenvalue weighted by atomic mass is 16.6. The predicted octanol–water partition coefficient (Wildman–Crippen LogP) is 0.898. The molecule has 0 radical (unpaired) electrons. The summed E-state index contributed by atoms with van der Waals surface area (Å²) in [7, 11) is 0. The van der Waals surface area contributed by atoms with Gasteiger partial charge in [-0.15, -0.1) is 10.2 Å². The van der Waals surface area contributed by atoms with Crippen LogP contribution in [0.1, 0.15) is 34.5 Å². The summed E-state index contributed by atoms with van der Waals surface area (Å²) >= 11 is 0. The van der Waals surface area contributed by atoms with Gasteiger partial charge in [-0.25, -0.2) is 4.79 Å². The Balaban J connectivity index is 1.27. The average Bonchev–Trinajstić information content (AvgIpc) is 3.41. The molecule has 5 rings (SSSR count). The molecule has 1 aromatic heterocycles. The van der Waals surface area contributed by atoms with Crippen LogP contribution in [0.15, 0.2) is 36.4 Å². The zero-order chi connectivity index (χ0) is 20.0. The molecule has 3 heterocycles. The van der Waals surface area contributed by atoms with Crippen LogP contribution in [-0.2, 0) is 22.5 Å². The number of aromatic nitrogens is 2. The van der Waals surface area contributed by atoms with Gasteiger partial charge in [0.15, 0.2) is 17.1 Å². The molecule has 8 nitrogen and oxygen atoms in total. The van der Waals surface area contributed by atoms with Crippen molar-refractivity contribution in [2.45, 2.75) is 37.5 Å². The molecule has 8 heteroatoms. The largest absolute Gasteiger partial charge is 0.444 e. The highest BCUT2D eigenvalue weighted by Gasteiger charge is 2.53. The quantitative estimate of drug-likeness (QED) is 0.753. The van der Waals surface area contributed by atoms with E-state index in [4.69, 9.17) is 10.5 Å². The summed E-state index contributed by atoms with van der Waals surface area (Å²) in [4.78, 5) is 28.6. The van der Waals surface area contributed by atoms with Crippen LogP contribution in [0.2, 0.25) is 0 Å². The van der Waals surface area contributed by atoms with Crippen LogP contribution in [0.3, 0.4) is 0 Å². The van der Waals surface area contributed by atoms with E-state index in [9.17, 15) is 9.59 Å². The fraction of sp³-hybridized carbons (Fsp3) is 0.429. The van der Waals surface area contributed by atoms with Crippen molar-refractivity contribution in [3.63, 3.8) is 0 Å². The molecule has 1 aliphatic carbocycles. The van der Waals surface area contributed by atoms with Crippen molar-refractivity contribution in [2.75, 3.05) is 24.5 Å². The molecule has 1 unspecified atom stereocenters. The zero-order valence-corrected chi connectivity index (χ0v) is 16.1. The molecule has 29 heavy (non-hydrogen) atoms. The van der Waals surface area contributed by atoms with Crippen molar-refractivity contribution < 1.29 is 14.3 Å². The molecule has 2 N–H and O–H groups in total. The van der Waals surface area contributed by atoms with Crippen molar-refractivity contribution in [2.24, 2.45) is 5.73 Å². The average molecular weight is 393 g/mol. The summed E-state index contributed by atoms with van der Waals surface area (Å²) < 4.78 is 5.32. The van der Waals surface area contributed by atoms with Crippen LogP contribution in [0.5, 0.6) is 0 Å². The molecule has 0 bridgehead atoms. The Morgan fingerprint density at radius 1 is 1.17 bits per heavy atom. The Morgan fingerprint density at radius 3 is 2.69 bits per heavy atom. The highest BCUT2D eigenvalue weighted by molar-refractivity contribution is 5.94. The van der Waals surface area contributed by atoms with Gasteiger partial charge in [-0.1, -0.05) is 30.3 Å². The maximum absolute atomic E-state index is 12.4. The number of benzene rings is 1. The van der Waals surface area contributed by atoms with Crippen LogP contribution in [0, 0.1) is 0 Å². The minimum absolute atomic E-state index is 0.136. The molecular weight excluding hydrogens is 370 g/mol. The number of amides is 1. The Labute approximate surface area is 168 Å². The highest BCUT2D eigenvalue weighted by Crippen LogP contribution is 2.40. The SMILES string of the molecule is NC(=O)C1(OC(=O)c2cc3c(nn2)N2CCN(Cc4ccccc4)CC2C3)CC1. The van der Waals surface area contributed by atoms with Gasteiger partial charge in [-0.2, -0.15) is 0 Å². The number of piperazine rings is 1. The van der Waals surface area contributed by atoms with E-state index in [0.29, 0.717) is 18.9 Å². The first kappa shape index (κ1) is 18.1. The van der Waals surface area contributed by atoms with Gasteiger partial charge in [0.05, 0.1) is 0 Å². The topological polar surface area (TPSA) is 102 Å². The summed E-state index contributed by atoms with van der Waals surface area (Å²) in [5, 5.41) is 8.38. The number of fused-ring (bicyclic) bond motifs is 3. The Bertz CT molecular complexity index is 960. The number of hydrogen-bond acceptors (Lipinski definition) is 7. The summed E-state index contributed by atoms with van der Waals surface area (Å²) in [5.41, 5.74) is 6.64. The standard InChI is InChI=1S/C21H23N5O3/c22-20(28)21(6-7-21)29-19(27)17-11-15-10-16-13-25(12-14-4-2-1-3-5-14)8-9-26(16)18(15)24-23-17/h1-5,11,16H,6-10,12-13H2,(H2,22,28). The second-order valence-electron chi connectivity index (χ2n) is 8.10. The van der Waals surface area contributed by atoms with E-state index >= 15 is 0 Å². The number of carbonyl (C=O) groups is 2. The molecule has 2 aromatic rings. The molecule has 1 saturated carbocycles. The third kappa shape index (κ3) is 3.33. The summed E-state index contributed by atoms with van der Waals surface area (Å²) in [6.45, 7) is 3.71. The summed E-state index contributed by atoms with van der Waals surface area (Å²) in [6.07, 6.45) is 1.76. The van der Waals surface area contributed by atoms with Crippen LogP contribution in [0.25, 0.3) is 0 Å². The van der Waals surface area contributed by atoms with Crippen LogP contribution in [-0.4, -0.2) is 58.3 Å². The summed E-state index contributed by atoms with van der Waals surface area (Å²) in [5.74, 6) is -0.385. The normalized spacial score (nSPS) is 21.9. The molecule has 1 atom stereocenters. The number of nitrogens with two attached hydrogens (primary N) is 1. The van der Waals surface area contributed by atoms with Crippen LogP contribution < -0.4 is 10.6 Å². The minimum atomic E-state index is -1.15.